The molecule has 10 nitrogen and oxygen atoms in total. The summed E-state index contributed by atoms with van der Waals surface area (Å²) in [5.74, 6) is 0. The Morgan fingerprint density at radius 2 is 0.875 bits per heavy atom. The largest absolute Gasteiger partial charge is 0.418 e. The Kier molecular flexibility index (Phi) is 15.1. The fourth-order valence-electron chi connectivity index (χ4n) is 3.52. The second-order valence-electron chi connectivity index (χ2n) is 9.31. The molecule has 0 unspecified atom stereocenters. The molecule has 2 aromatic carbocycles. The molecule has 0 aliphatic heterocycles. The minimum absolute atomic E-state index is 0.139. The van der Waals surface area contributed by atoms with Crippen molar-refractivity contribution in [1.82, 2.24) is 0 Å². The molecule has 12 heteroatoms. The first-order chi connectivity index (χ1) is 19.2. The lowest BCUT2D eigenvalue weighted by Crippen LogP contribution is -2.16. The van der Waals surface area contributed by atoms with Gasteiger partial charge in [-0.05, 0) is 37.8 Å². The average molecular weight is 599 g/mol. The summed E-state index contributed by atoms with van der Waals surface area (Å²) in [6.45, 7) is 8.41. The zero-order valence-electron chi connectivity index (χ0n) is 24.1. The monoisotopic (exact) mass is 598 g/mol. The molecule has 0 bridgehead atoms. The third-order valence-corrected chi connectivity index (χ3v) is 9.25. The van der Waals surface area contributed by atoms with E-state index in [1.54, 1.807) is 36.4 Å². The van der Waals surface area contributed by atoms with E-state index in [1.165, 1.54) is 0 Å². The molecular formula is C28H44N2O8P2. The summed E-state index contributed by atoms with van der Waals surface area (Å²) < 4.78 is 48.6. The molecule has 0 aliphatic carbocycles. The Bertz CT molecular complexity index is 1070. The second-order valence-corrected chi connectivity index (χ2v) is 13.1. The molecule has 0 heterocycles. The molecule has 224 valence electrons. The van der Waals surface area contributed by atoms with E-state index in [1.807, 2.05) is 27.7 Å². The van der Waals surface area contributed by atoms with Gasteiger partial charge >= 0.3 is 26.5 Å². The predicted octanol–water partition coefficient (Wildman–Crippen LogP) is 9.56. The van der Waals surface area contributed by atoms with Crippen molar-refractivity contribution in [2.24, 2.45) is 0 Å². The maximum atomic E-state index is 13.4. The van der Waals surface area contributed by atoms with Gasteiger partial charge in [-0.3, -0.25) is 9.59 Å². The number of hydrogen-bond donors (Lipinski definition) is 2. The Morgan fingerprint density at radius 3 is 1.15 bits per heavy atom. The summed E-state index contributed by atoms with van der Waals surface area (Å²) in [5.41, 5.74) is -1.00. The molecule has 2 aromatic rings. The van der Waals surface area contributed by atoms with Crippen LogP contribution in [0, 0.1) is 0 Å². The Balaban J connectivity index is 2.31. The first-order valence-corrected chi connectivity index (χ1v) is 17.3. The van der Waals surface area contributed by atoms with E-state index < -0.39 is 26.5 Å². The van der Waals surface area contributed by atoms with E-state index in [9.17, 15) is 18.7 Å². The van der Waals surface area contributed by atoms with Gasteiger partial charge in [0.15, 0.2) is 0 Å². The summed E-state index contributed by atoms with van der Waals surface area (Å²) in [5, 5.41) is 6.51. The van der Waals surface area contributed by atoms with Crippen molar-refractivity contribution in [3.8, 4) is 0 Å². The van der Waals surface area contributed by atoms with Gasteiger partial charge < -0.3 is 28.7 Å². The first kappa shape index (κ1) is 34.1. The molecule has 0 saturated heterocycles. The highest BCUT2D eigenvalue weighted by atomic mass is 31.2. The molecule has 2 rings (SSSR count). The highest BCUT2D eigenvalue weighted by Crippen LogP contribution is 2.52. The fraction of sp³-hybridized carbons (Fsp3) is 0.571. The fourth-order valence-corrected chi connectivity index (χ4v) is 6.13. The number of carbonyl (C=O) groups is 2. The quantitative estimate of drug-likeness (QED) is 0.114. The third kappa shape index (κ3) is 10.1. The normalized spacial score (nSPS) is 12.0. The van der Waals surface area contributed by atoms with Gasteiger partial charge in [-0.1, -0.05) is 77.6 Å². The smallest absolute Gasteiger partial charge is 0.315 e. The van der Waals surface area contributed by atoms with Crippen LogP contribution >= 0.6 is 15.2 Å². The van der Waals surface area contributed by atoms with Gasteiger partial charge in [0, 0.05) is 22.1 Å². The lowest BCUT2D eigenvalue weighted by Gasteiger charge is -2.20. The second kappa shape index (κ2) is 17.7. The standard InChI is InChI=1S/C28H44N2O8P2/c1-5-9-19-35-39(33,36-20-10-6-2)27(31)29-25-17-13-16-24-23(25)15-14-18-26(24)30-28(32)40(34,37-21-11-7-3)38-22-12-8-4/h13-18H,5-12,19-22H2,1-4H3,(H,29,31)(H,30,32). The number of benzene rings is 2. The van der Waals surface area contributed by atoms with Gasteiger partial charge in [-0.2, -0.15) is 0 Å². The Labute approximate surface area is 237 Å². The van der Waals surface area contributed by atoms with Crippen LogP contribution in [0.1, 0.15) is 79.1 Å². The number of anilines is 2. The van der Waals surface area contributed by atoms with Crippen LogP contribution in [0.5, 0.6) is 0 Å². The number of hydrogen-bond acceptors (Lipinski definition) is 8. The molecule has 0 aliphatic rings. The van der Waals surface area contributed by atoms with Gasteiger partial charge in [0.2, 0.25) is 0 Å². The summed E-state index contributed by atoms with van der Waals surface area (Å²) in [6, 6.07) is 10.2. The molecule has 0 aromatic heterocycles. The third-order valence-electron chi connectivity index (χ3n) is 5.94. The number of nitrogens with one attached hydrogen (secondary N) is 2. The molecule has 0 fully saturated rings. The zero-order chi connectivity index (χ0) is 29.4. The maximum Gasteiger partial charge on any atom is 0.418 e. The summed E-state index contributed by atoms with van der Waals surface area (Å²) in [6.07, 6.45) is 5.81. The van der Waals surface area contributed by atoms with E-state index in [-0.39, 0.29) is 26.4 Å². The molecule has 0 spiro atoms. The number of fused-ring (bicyclic) bond motifs is 1. The molecule has 2 N–H and O–H groups in total. The minimum Gasteiger partial charge on any atom is -0.315 e. The van der Waals surface area contributed by atoms with Crippen molar-refractivity contribution in [3.63, 3.8) is 0 Å². The number of carbonyl (C=O) groups excluding carboxylic acids is 2. The zero-order valence-corrected chi connectivity index (χ0v) is 25.9. The van der Waals surface area contributed by atoms with Crippen molar-refractivity contribution in [2.45, 2.75) is 79.1 Å². The predicted molar refractivity (Wildman–Crippen MR) is 161 cm³/mol. The van der Waals surface area contributed by atoms with Crippen LogP contribution in [0.15, 0.2) is 36.4 Å². The first-order valence-electron chi connectivity index (χ1n) is 14.2. The van der Waals surface area contributed by atoms with Gasteiger partial charge in [0.1, 0.15) is 0 Å². The van der Waals surface area contributed by atoms with E-state index in [2.05, 4.69) is 10.6 Å². The maximum absolute atomic E-state index is 13.4. The van der Waals surface area contributed by atoms with Crippen LogP contribution < -0.4 is 10.6 Å². The molecule has 0 atom stereocenters. The highest BCUT2D eigenvalue weighted by Gasteiger charge is 2.36. The molecular weight excluding hydrogens is 554 g/mol. The van der Waals surface area contributed by atoms with Crippen LogP contribution in [0.25, 0.3) is 10.8 Å². The van der Waals surface area contributed by atoms with Crippen LogP contribution in [0.2, 0.25) is 0 Å². The van der Waals surface area contributed by atoms with Crippen molar-refractivity contribution in [1.29, 1.82) is 0 Å². The lowest BCUT2D eigenvalue weighted by atomic mass is 10.1. The SMILES string of the molecule is CCCCOP(=O)(OCCCC)C(=O)Nc1cccc2c(NC(=O)P(=O)(OCCCC)OCCCC)cccc12. The summed E-state index contributed by atoms with van der Waals surface area (Å²) >= 11 is 0. The molecule has 0 saturated carbocycles. The summed E-state index contributed by atoms with van der Waals surface area (Å²) in [4.78, 5) is 26.3. The number of rotatable bonds is 20. The van der Waals surface area contributed by atoms with Crippen LogP contribution in [0.4, 0.5) is 21.0 Å². The van der Waals surface area contributed by atoms with E-state index in [4.69, 9.17) is 18.1 Å². The minimum atomic E-state index is -4.09. The Hall–Kier alpha value is -2.06. The Morgan fingerprint density at radius 1 is 0.575 bits per heavy atom. The van der Waals surface area contributed by atoms with Gasteiger partial charge in [0.05, 0.1) is 26.4 Å². The number of unbranched alkanes of at least 4 members (excludes halogenated alkanes) is 4. The highest BCUT2D eigenvalue weighted by molar-refractivity contribution is 7.72. The van der Waals surface area contributed by atoms with Crippen molar-refractivity contribution >= 4 is 48.6 Å². The summed E-state index contributed by atoms with van der Waals surface area (Å²) in [7, 11) is -8.17. The lowest BCUT2D eigenvalue weighted by molar-refractivity contribution is 0.196. The van der Waals surface area contributed by atoms with E-state index in [0.29, 0.717) is 47.8 Å². The van der Waals surface area contributed by atoms with Gasteiger partial charge in [0.25, 0.3) is 0 Å². The molecule has 0 radical (unpaired) electrons. The van der Waals surface area contributed by atoms with E-state index >= 15 is 0 Å². The topological polar surface area (TPSA) is 129 Å². The number of amides is 2. The van der Waals surface area contributed by atoms with Crippen molar-refractivity contribution in [2.75, 3.05) is 37.1 Å². The van der Waals surface area contributed by atoms with Gasteiger partial charge in [-0.25, -0.2) is 9.13 Å². The van der Waals surface area contributed by atoms with Crippen LogP contribution in [0.3, 0.4) is 0 Å². The average Bonchev–Trinajstić information content (AvgIpc) is 2.94. The molecule has 40 heavy (non-hydrogen) atoms. The van der Waals surface area contributed by atoms with Gasteiger partial charge in [-0.15, -0.1) is 0 Å². The van der Waals surface area contributed by atoms with E-state index in [0.717, 1.165) is 25.7 Å². The van der Waals surface area contributed by atoms with Crippen LogP contribution in [-0.2, 0) is 27.2 Å². The van der Waals surface area contributed by atoms with Crippen LogP contribution in [-0.4, -0.2) is 37.7 Å². The van der Waals surface area contributed by atoms with Crippen molar-refractivity contribution in [3.05, 3.63) is 36.4 Å². The van der Waals surface area contributed by atoms with Crippen molar-refractivity contribution < 1.29 is 36.8 Å². The molecule has 2 amide bonds.